The largest absolute Gasteiger partial charge is 0.279 e. The standard InChI is InChI=1S/C20H17N3O4S3/c1-23(2)30(26,27)13-7-5-6-12(10-13)19(24)21-22-20(25)17-11-16-18(29-17)14-8-3-4-9-15(14)28-16/h3-11H,1-2H3,(H,21,24)(H,22,25). The number of amides is 2. The first-order chi connectivity index (χ1) is 14.3. The molecule has 2 amide bonds. The highest BCUT2D eigenvalue weighted by molar-refractivity contribution is 7.89. The molecule has 0 saturated heterocycles. The van der Waals surface area contributed by atoms with Gasteiger partial charge in [-0.15, -0.1) is 22.7 Å². The molecule has 2 aromatic carbocycles. The Morgan fingerprint density at radius 2 is 1.60 bits per heavy atom. The monoisotopic (exact) mass is 459 g/mol. The average Bonchev–Trinajstić information content (AvgIpc) is 3.30. The molecule has 4 rings (SSSR count). The van der Waals surface area contributed by atoms with Crippen molar-refractivity contribution in [3.63, 3.8) is 0 Å². The predicted molar refractivity (Wildman–Crippen MR) is 119 cm³/mol. The van der Waals surface area contributed by atoms with Gasteiger partial charge >= 0.3 is 0 Å². The van der Waals surface area contributed by atoms with E-state index in [4.69, 9.17) is 0 Å². The van der Waals surface area contributed by atoms with Crippen molar-refractivity contribution < 1.29 is 18.0 Å². The van der Waals surface area contributed by atoms with Gasteiger partial charge in [-0.1, -0.05) is 24.3 Å². The van der Waals surface area contributed by atoms with Gasteiger partial charge in [0.25, 0.3) is 11.8 Å². The summed E-state index contributed by atoms with van der Waals surface area (Å²) in [5.41, 5.74) is 4.86. The number of nitrogens with zero attached hydrogens (tertiary/aromatic N) is 1. The molecule has 0 fully saturated rings. The van der Waals surface area contributed by atoms with Crippen molar-refractivity contribution in [3.05, 3.63) is 65.0 Å². The summed E-state index contributed by atoms with van der Waals surface area (Å²) in [7, 11) is -0.837. The van der Waals surface area contributed by atoms with Crippen LogP contribution in [0.3, 0.4) is 0 Å². The van der Waals surface area contributed by atoms with E-state index in [0.717, 1.165) is 23.8 Å². The minimum atomic E-state index is -3.66. The summed E-state index contributed by atoms with van der Waals surface area (Å²) in [5.74, 6) is -1.04. The normalized spacial score (nSPS) is 11.8. The lowest BCUT2D eigenvalue weighted by Gasteiger charge is -2.12. The van der Waals surface area contributed by atoms with Crippen molar-refractivity contribution in [3.8, 4) is 0 Å². The Bertz CT molecular complexity index is 1390. The van der Waals surface area contributed by atoms with E-state index in [-0.39, 0.29) is 10.5 Å². The number of nitrogens with one attached hydrogen (secondary N) is 2. The molecule has 0 unspecified atom stereocenters. The van der Waals surface area contributed by atoms with E-state index in [0.29, 0.717) is 4.88 Å². The fraction of sp³-hybridized carbons (Fsp3) is 0.100. The molecule has 2 N–H and O–H groups in total. The van der Waals surface area contributed by atoms with Crippen molar-refractivity contribution in [2.24, 2.45) is 0 Å². The molecule has 30 heavy (non-hydrogen) atoms. The number of sulfonamides is 1. The number of thiophene rings is 2. The zero-order chi connectivity index (χ0) is 21.5. The van der Waals surface area contributed by atoms with E-state index in [2.05, 4.69) is 10.9 Å². The third-order valence-corrected chi connectivity index (χ3v) is 8.66. The van der Waals surface area contributed by atoms with Crippen molar-refractivity contribution in [1.82, 2.24) is 15.2 Å². The van der Waals surface area contributed by atoms with E-state index >= 15 is 0 Å². The first kappa shape index (κ1) is 20.5. The molecule has 0 radical (unpaired) electrons. The van der Waals surface area contributed by atoms with Gasteiger partial charge in [0, 0.05) is 34.4 Å². The average molecular weight is 460 g/mol. The Balaban J connectivity index is 1.49. The number of hydrogen-bond acceptors (Lipinski definition) is 6. The lowest BCUT2D eigenvalue weighted by atomic mass is 10.2. The summed E-state index contributed by atoms with van der Waals surface area (Å²) in [4.78, 5) is 25.4. The Hall–Kier alpha value is -2.79. The highest BCUT2D eigenvalue weighted by Gasteiger charge is 2.19. The highest BCUT2D eigenvalue weighted by atomic mass is 32.2. The topological polar surface area (TPSA) is 95.6 Å². The second-order valence-electron chi connectivity index (χ2n) is 6.63. The summed E-state index contributed by atoms with van der Waals surface area (Å²) >= 11 is 2.97. The van der Waals surface area contributed by atoms with Crippen LogP contribution in [0.25, 0.3) is 19.5 Å². The first-order valence-electron chi connectivity index (χ1n) is 8.82. The van der Waals surface area contributed by atoms with E-state index < -0.39 is 21.8 Å². The molecule has 2 heterocycles. The number of hydrogen-bond donors (Lipinski definition) is 2. The number of hydrazine groups is 1. The lowest BCUT2D eigenvalue weighted by Crippen LogP contribution is -2.41. The first-order valence-corrected chi connectivity index (χ1v) is 11.9. The van der Waals surface area contributed by atoms with E-state index in [1.54, 1.807) is 17.4 Å². The van der Waals surface area contributed by atoms with Crippen LogP contribution in [0.4, 0.5) is 0 Å². The van der Waals surface area contributed by atoms with Gasteiger partial charge in [-0.3, -0.25) is 20.4 Å². The van der Waals surface area contributed by atoms with Gasteiger partial charge in [0.2, 0.25) is 10.0 Å². The maximum Gasteiger partial charge on any atom is 0.279 e. The molecule has 0 spiro atoms. The minimum absolute atomic E-state index is 0.00292. The van der Waals surface area contributed by atoms with Crippen LogP contribution in [-0.4, -0.2) is 38.6 Å². The van der Waals surface area contributed by atoms with Crippen molar-refractivity contribution >= 4 is 64.0 Å². The Kier molecular flexibility index (Phi) is 5.33. The number of benzene rings is 2. The van der Waals surface area contributed by atoms with Gasteiger partial charge in [-0.05, 0) is 30.3 Å². The fourth-order valence-electron chi connectivity index (χ4n) is 2.87. The number of carbonyl (C=O) groups is 2. The SMILES string of the molecule is CN(C)S(=O)(=O)c1cccc(C(=O)NNC(=O)c2cc3sc4ccccc4c3s2)c1. The van der Waals surface area contributed by atoms with Gasteiger partial charge in [-0.2, -0.15) is 0 Å². The smallest absolute Gasteiger partial charge is 0.267 e. The summed E-state index contributed by atoms with van der Waals surface area (Å²) in [5, 5.41) is 1.10. The van der Waals surface area contributed by atoms with Gasteiger partial charge < -0.3 is 0 Å². The van der Waals surface area contributed by atoms with Crippen LogP contribution < -0.4 is 10.9 Å². The van der Waals surface area contributed by atoms with Crippen LogP contribution in [0.15, 0.2) is 59.5 Å². The van der Waals surface area contributed by atoms with E-state index in [1.807, 2.05) is 24.3 Å². The lowest BCUT2D eigenvalue weighted by molar-refractivity contribution is 0.0849. The van der Waals surface area contributed by atoms with Crippen molar-refractivity contribution in [2.75, 3.05) is 14.1 Å². The number of rotatable bonds is 4. The van der Waals surface area contributed by atoms with Crippen molar-refractivity contribution in [1.29, 1.82) is 0 Å². The summed E-state index contributed by atoms with van der Waals surface area (Å²) < 4.78 is 28.8. The van der Waals surface area contributed by atoms with Crippen LogP contribution in [0, 0.1) is 0 Å². The molecule has 10 heteroatoms. The third kappa shape index (κ3) is 3.70. The quantitative estimate of drug-likeness (QED) is 0.457. The van der Waals surface area contributed by atoms with E-state index in [1.165, 1.54) is 49.7 Å². The maximum atomic E-state index is 12.5. The van der Waals surface area contributed by atoms with Crippen LogP contribution in [0.2, 0.25) is 0 Å². The third-order valence-electron chi connectivity index (χ3n) is 4.44. The van der Waals surface area contributed by atoms with Gasteiger partial charge in [0.15, 0.2) is 0 Å². The van der Waals surface area contributed by atoms with Crippen molar-refractivity contribution in [2.45, 2.75) is 4.90 Å². The molecule has 0 aliphatic heterocycles. The summed E-state index contributed by atoms with van der Waals surface area (Å²) in [6.07, 6.45) is 0. The maximum absolute atomic E-state index is 12.5. The van der Waals surface area contributed by atoms with Crippen LogP contribution in [0.1, 0.15) is 20.0 Å². The molecule has 7 nitrogen and oxygen atoms in total. The molecule has 0 saturated carbocycles. The summed E-state index contributed by atoms with van der Waals surface area (Å²) in [6.45, 7) is 0. The van der Waals surface area contributed by atoms with Crippen LogP contribution >= 0.6 is 22.7 Å². The van der Waals surface area contributed by atoms with Gasteiger partial charge in [0.05, 0.1) is 14.5 Å². The fourth-order valence-corrected chi connectivity index (χ4v) is 6.24. The molecular weight excluding hydrogens is 442 g/mol. The predicted octanol–water partition coefficient (Wildman–Crippen LogP) is 3.44. The van der Waals surface area contributed by atoms with Gasteiger partial charge in [-0.25, -0.2) is 12.7 Å². The minimum Gasteiger partial charge on any atom is -0.267 e. The molecule has 0 bridgehead atoms. The Labute approximate surface area is 181 Å². The highest BCUT2D eigenvalue weighted by Crippen LogP contribution is 2.39. The molecule has 0 atom stereocenters. The zero-order valence-corrected chi connectivity index (χ0v) is 18.5. The second-order valence-corrected chi connectivity index (χ2v) is 10.9. The molecule has 0 aliphatic carbocycles. The second kappa shape index (κ2) is 7.80. The zero-order valence-electron chi connectivity index (χ0n) is 16.0. The van der Waals surface area contributed by atoms with Crippen LogP contribution in [0.5, 0.6) is 0 Å². The Morgan fingerprint density at radius 1 is 0.867 bits per heavy atom. The molecule has 2 aromatic heterocycles. The molecular formula is C20H17N3O4S3. The molecule has 154 valence electrons. The van der Waals surface area contributed by atoms with Gasteiger partial charge in [0.1, 0.15) is 0 Å². The van der Waals surface area contributed by atoms with Crippen LogP contribution in [-0.2, 0) is 10.0 Å². The summed E-state index contributed by atoms with van der Waals surface area (Å²) in [6, 6.07) is 15.4. The van der Waals surface area contributed by atoms with E-state index in [9.17, 15) is 18.0 Å². The number of fused-ring (bicyclic) bond motifs is 3. The molecule has 0 aliphatic rings. The molecule has 4 aromatic rings. The number of carbonyl (C=O) groups excluding carboxylic acids is 2. The Morgan fingerprint density at radius 3 is 2.37 bits per heavy atom.